The normalized spacial score (nSPS) is 14.0. The van der Waals surface area contributed by atoms with E-state index in [2.05, 4.69) is 11.4 Å². The molecule has 1 aromatic carbocycles. The molecule has 16 heavy (non-hydrogen) atoms. The van der Waals surface area contributed by atoms with Gasteiger partial charge in [-0.3, -0.25) is 4.79 Å². The van der Waals surface area contributed by atoms with E-state index in [0.29, 0.717) is 0 Å². The van der Waals surface area contributed by atoms with E-state index in [0.717, 1.165) is 18.7 Å². The number of fused-ring (bicyclic) bond motifs is 1. The van der Waals surface area contributed by atoms with Gasteiger partial charge in [0.15, 0.2) is 0 Å². The van der Waals surface area contributed by atoms with Crippen molar-refractivity contribution >= 4 is 5.91 Å². The van der Waals surface area contributed by atoms with Crippen molar-refractivity contribution in [2.75, 3.05) is 7.05 Å². The Morgan fingerprint density at radius 2 is 2.00 bits per heavy atom. The first kappa shape index (κ1) is 11.1. The molecule has 0 saturated heterocycles. The largest absolute Gasteiger partial charge is 0.339 e. The van der Waals surface area contributed by atoms with Gasteiger partial charge in [-0.25, -0.2) is 0 Å². The average Bonchev–Trinajstić information content (AvgIpc) is 2.73. The zero-order valence-electron chi connectivity index (χ0n) is 10.1. The number of benzene rings is 1. The standard InChI is InChI=1S/C13H18N2O/c1-9(2)15(3)13(16)10-4-5-11-7-14-8-12(11)6-10/h4-6,9,14H,7-8H2,1-3H3. The minimum Gasteiger partial charge on any atom is -0.339 e. The van der Waals surface area contributed by atoms with Crippen LogP contribution in [0.1, 0.15) is 35.3 Å². The summed E-state index contributed by atoms with van der Waals surface area (Å²) in [4.78, 5) is 13.9. The number of carbonyl (C=O) groups is 1. The van der Waals surface area contributed by atoms with Crippen LogP contribution in [0.15, 0.2) is 18.2 Å². The molecule has 0 atom stereocenters. The summed E-state index contributed by atoms with van der Waals surface area (Å²) in [5, 5.41) is 3.28. The molecule has 1 aromatic rings. The van der Waals surface area contributed by atoms with Crippen LogP contribution in [0.4, 0.5) is 0 Å². The van der Waals surface area contributed by atoms with Crippen molar-refractivity contribution in [2.45, 2.75) is 33.0 Å². The summed E-state index contributed by atoms with van der Waals surface area (Å²) in [6.07, 6.45) is 0. The van der Waals surface area contributed by atoms with E-state index >= 15 is 0 Å². The van der Waals surface area contributed by atoms with Crippen molar-refractivity contribution in [3.8, 4) is 0 Å². The molecule has 0 radical (unpaired) electrons. The Labute approximate surface area is 96.5 Å². The molecular formula is C13H18N2O. The van der Waals surface area contributed by atoms with Crippen molar-refractivity contribution in [1.82, 2.24) is 10.2 Å². The molecule has 86 valence electrons. The van der Waals surface area contributed by atoms with E-state index in [1.54, 1.807) is 4.90 Å². The molecule has 2 rings (SSSR count). The number of rotatable bonds is 2. The third-order valence-electron chi connectivity index (χ3n) is 3.18. The van der Waals surface area contributed by atoms with Gasteiger partial charge in [-0.2, -0.15) is 0 Å². The number of nitrogens with one attached hydrogen (secondary N) is 1. The molecule has 0 spiro atoms. The van der Waals surface area contributed by atoms with Crippen LogP contribution in [0.25, 0.3) is 0 Å². The quantitative estimate of drug-likeness (QED) is 0.820. The molecule has 0 aromatic heterocycles. The van der Waals surface area contributed by atoms with Gasteiger partial charge >= 0.3 is 0 Å². The van der Waals surface area contributed by atoms with E-state index in [1.807, 2.05) is 33.0 Å². The third-order valence-corrected chi connectivity index (χ3v) is 3.18. The molecule has 0 aliphatic carbocycles. The van der Waals surface area contributed by atoms with Gasteiger partial charge in [0.2, 0.25) is 0 Å². The molecule has 1 heterocycles. The van der Waals surface area contributed by atoms with Crippen molar-refractivity contribution in [3.63, 3.8) is 0 Å². The van der Waals surface area contributed by atoms with Crippen LogP contribution < -0.4 is 5.32 Å². The molecule has 1 aliphatic heterocycles. The first-order valence-corrected chi connectivity index (χ1v) is 5.69. The summed E-state index contributed by atoms with van der Waals surface area (Å²) in [5.74, 6) is 0.102. The van der Waals surface area contributed by atoms with Gasteiger partial charge in [-0.1, -0.05) is 6.07 Å². The van der Waals surface area contributed by atoms with Crippen LogP contribution in [0, 0.1) is 0 Å². The highest BCUT2D eigenvalue weighted by atomic mass is 16.2. The second kappa shape index (κ2) is 4.26. The number of carbonyl (C=O) groups excluding carboxylic acids is 1. The lowest BCUT2D eigenvalue weighted by atomic mass is 10.1. The second-order valence-electron chi connectivity index (χ2n) is 4.60. The molecule has 0 saturated carbocycles. The number of amides is 1. The van der Waals surface area contributed by atoms with Gasteiger partial charge in [0.1, 0.15) is 0 Å². The summed E-state index contributed by atoms with van der Waals surface area (Å²) >= 11 is 0. The van der Waals surface area contributed by atoms with Gasteiger partial charge < -0.3 is 10.2 Å². The maximum Gasteiger partial charge on any atom is 0.253 e. The zero-order chi connectivity index (χ0) is 11.7. The number of hydrogen-bond acceptors (Lipinski definition) is 2. The van der Waals surface area contributed by atoms with Gasteiger partial charge in [0.05, 0.1) is 0 Å². The Morgan fingerprint density at radius 1 is 1.31 bits per heavy atom. The number of hydrogen-bond donors (Lipinski definition) is 1. The Balaban J connectivity index is 2.25. The lowest BCUT2D eigenvalue weighted by Crippen LogP contribution is -2.33. The molecule has 3 heteroatoms. The predicted octanol–water partition coefficient (Wildman–Crippen LogP) is 1.77. The van der Waals surface area contributed by atoms with Crippen LogP contribution >= 0.6 is 0 Å². The van der Waals surface area contributed by atoms with Gasteiger partial charge in [0.25, 0.3) is 5.91 Å². The minimum absolute atomic E-state index is 0.102. The Kier molecular flexibility index (Phi) is 2.97. The molecular weight excluding hydrogens is 200 g/mol. The van der Waals surface area contributed by atoms with Gasteiger partial charge in [-0.15, -0.1) is 0 Å². The first-order valence-electron chi connectivity index (χ1n) is 5.69. The maximum atomic E-state index is 12.1. The Bertz CT molecular complexity index is 412. The summed E-state index contributed by atoms with van der Waals surface area (Å²) in [6, 6.07) is 6.22. The van der Waals surface area contributed by atoms with Crippen LogP contribution in [0.3, 0.4) is 0 Å². The van der Waals surface area contributed by atoms with E-state index in [1.165, 1.54) is 11.1 Å². The molecule has 1 N–H and O–H groups in total. The molecule has 0 unspecified atom stereocenters. The van der Waals surface area contributed by atoms with Crippen LogP contribution in [-0.2, 0) is 13.1 Å². The van der Waals surface area contributed by atoms with Crippen LogP contribution in [0.2, 0.25) is 0 Å². The second-order valence-corrected chi connectivity index (χ2v) is 4.60. The molecule has 1 amide bonds. The summed E-state index contributed by atoms with van der Waals surface area (Å²) < 4.78 is 0. The first-order chi connectivity index (χ1) is 7.59. The van der Waals surface area contributed by atoms with Gasteiger partial charge in [0, 0.05) is 31.7 Å². The van der Waals surface area contributed by atoms with E-state index in [4.69, 9.17) is 0 Å². The van der Waals surface area contributed by atoms with E-state index < -0.39 is 0 Å². The average molecular weight is 218 g/mol. The minimum atomic E-state index is 0.102. The Hall–Kier alpha value is -1.35. The summed E-state index contributed by atoms with van der Waals surface area (Å²) in [7, 11) is 1.85. The molecule has 0 fully saturated rings. The fraction of sp³-hybridized carbons (Fsp3) is 0.462. The highest BCUT2D eigenvalue weighted by molar-refractivity contribution is 5.94. The lowest BCUT2D eigenvalue weighted by Gasteiger charge is -2.21. The Morgan fingerprint density at radius 3 is 2.69 bits per heavy atom. The topological polar surface area (TPSA) is 32.3 Å². The predicted molar refractivity (Wildman–Crippen MR) is 64.2 cm³/mol. The molecule has 3 nitrogen and oxygen atoms in total. The van der Waals surface area contributed by atoms with Gasteiger partial charge in [-0.05, 0) is 37.1 Å². The number of nitrogens with zero attached hydrogens (tertiary/aromatic N) is 1. The van der Waals surface area contributed by atoms with Crippen molar-refractivity contribution < 1.29 is 4.79 Å². The van der Waals surface area contributed by atoms with E-state index in [9.17, 15) is 4.79 Å². The van der Waals surface area contributed by atoms with E-state index in [-0.39, 0.29) is 11.9 Å². The fourth-order valence-corrected chi connectivity index (χ4v) is 1.87. The lowest BCUT2D eigenvalue weighted by molar-refractivity contribution is 0.0755. The highest BCUT2D eigenvalue weighted by Crippen LogP contribution is 2.18. The zero-order valence-corrected chi connectivity index (χ0v) is 10.1. The smallest absolute Gasteiger partial charge is 0.253 e. The summed E-state index contributed by atoms with van der Waals surface area (Å²) in [5.41, 5.74) is 3.35. The highest BCUT2D eigenvalue weighted by Gasteiger charge is 2.17. The van der Waals surface area contributed by atoms with Crippen molar-refractivity contribution in [3.05, 3.63) is 34.9 Å². The maximum absolute atomic E-state index is 12.1. The van der Waals surface area contributed by atoms with Crippen molar-refractivity contribution in [1.29, 1.82) is 0 Å². The molecule has 1 aliphatic rings. The van der Waals surface area contributed by atoms with Crippen LogP contribution in [0.5, 0.6) is 0 Å². The third kappa shape index (κ3) is 1.95. The SMILES string of the molecule is CC(C)N(C)C(=O)c1ccc2c(c1)CNC2. The van der Waals surface area contributed by atoms with Crippen molar-refractivity contribution in [2.24, 2.45) is 0 Å². The monoisotopic (exact) mass is 218 g/mol. The summed E-state index contributed by atoms with van der Waals surface area (Å²) in [6.45, 7) is 5.84. The fourth-order valence-electron chi connectivity index (χ4n) is 1.87. The van der Waals surface area contributed by atoms with Crippen LogP contribution in [-0.4, -0.2) is 23.9 Å². The molecule has 0 bridgehead atoms.